The molecule has 0 bridgehead atoms. The second-order valence-electron chi connectivity index (χ2n) is 31.6. The highest BCUT2D eigenvalue weighted by Gasteiger charge is 2.43. The van der Waals surface area contributed by atoms with E-state index >= 15 is 0 Å². The van der Waals surface area contributed by atoms with Gasteiger partial charge in [0.05, 0.1) is 22.7 Å². The van der Waals surface area contributed by atoms with Crippen LogP contribution in [0.2, 0.25) is 0 Å². The lowest BCUT2D eigenvalue weighted by Crippen LogP contribution is -2.39. The zero-order valence-electron chi connectivity index (χ0n) is 72.5. The van der Waals surface area contributed by atoms with Crippen LogP contribution in [0.15, 0.2) is 388 Å². The molecule has 0 spiro atoms. The minimum atomic E-state index is -3.22. The van der Waals surface area contributed by atoms with Gasteiger partial charge in [-0.2, -0.15) is 0 Å². The number of tetrazole rings is 2. The summed E-state index contributed by atoms with van der Waals surface area (Å²) >= 11 is 13.8. The zero-order chi connectivity index (χ0) is 91.6. The number of nitrogens with one attached hydrogen (secondary N) is 1. The van der Waals surface area contributed by atoms with Crippen molar-refractivity contribution in [3.8, 4) is 45.0 Å². The molecular formula is C106H98Cl3N12O8P. The van der Waals surface area contributed by atoms with Crippen molar-refractivity contribution in [2.24, 2.45) is 11.8 Å². The molecular weight excluding hydrogens is 1710 g/mol. The van der Waals surface area contributed by atoms with Crippen LogP contribution in [0.3, 0.4) is 0 Å². The monoisotopic (exact) mass is 1800 g/mol. The third kappa shape index (κ3) is 23.5. The Hall–Kier alpha value is -14.4. The topological polar surface area (TPSA) is 256 Å². The molecule has 24 heteroatoms. The number of nitrogens with two attached hydrogens (primary N) is 1. The quantitative estimate of drug-likeness (QED) is 0.0170. The maximum Gasteiger partial charge on any atom is 0.349 e. The van der Waals surface area contributed by atoms with Crippen molar-refractivity contribution in [1.82, 2.24) is 40.4 Å². The smallest absolute Gasteiger partial charge is 0.349 e. The van der Waals surface area contributed by atoms with Crippen LogP contribution in [0.5, 0.6) is 0 Å². The number of hydrogen-bond donors (Lipinski definition) is 3. The number of esters is 2. The number of aromatic nitrogens is 8. The molecule has 0 aliphatic heterocycles. The zero-order valence-corrected chi connectivity index (χ0v) is 75.7. The second kappa shape index (κ2) is 44.4. The SMILES string of the molecule is CC(=O)O[C@@H](C(=O)Nc1cc(-c2ccccc2-c2nnn(C(c3ccccc3)(c3ccccc3)c3ccccc3)n2)ccc1N(Cc1ccccc1)CC(C)C)c1ccccc1.CC(=O)O[C@@H](C(=O)O)c1ccccc1.CC(C)CN(Cc1ccccc1)c1ccc(-c2ccccc2-c2nnn(C(c3ccccc3)(c3ccccc3)c3ccccc3)n2)cc1N.O=P(Cl)(Cl)Cl. The first kappa shape index (κ1) is 93.2. The Morgan fingerprint density at radius 3 is 1.01 bits per heavy atom. The number of rotatable bonds is 29. The summed E-state index contributed by atoms with van der Waals surface area (Å²) in [6.07, 6.45) is -2.38. The average molecular weight is 1810 g/mol. The first-order chi connectivity index (χ1) is 62.9. The number of hydrogen-bond acceptors (Lipinski definition) is 16. The molecule has 2 aromatic heterocycles. The number of nitrogen functional groups attached to an aromatic ring is 1. The maximum absolute atomic E-state index is 14.3. The van der Waals surface area contributed by atoms with E-state index in [9.17, 15) is 23.7 Å². The van der Waals surface area contributed by atoms with Crippen LogP contribution in [0.4, 0.5) is 22.7 Å². The summed E-state index contributed by atoms with van der Waals surface area (Å²) in [5.41, 5.74) is 23.0. The van der Waals surface area contributed by atoms with Crippen molar-refractivity contribution in [3.63, 3.8) is 0 Å². The Morgan fingerprint density at radius 1 is 0.400 bits per heavy atom. The van der Waals surface area contributed by atoms with Crippen LogP contribution >= 0.6 is 38.9 Å². The molecule has 0 fully saturated rings. The lowest BCUT2D eigenvalue weighted by atomic mass is 9.77. The second-order valence-corrected chi connectivity index (χ2v) is 38.2. The van der Waals surface area contributed by atoms with Gasteiger partial charge >= 0.3 is 23.1 Å². The molecule has 14 aromatic carbocycles. The molecule has 0 aliphatic rings. The van der Waals surface area contributed by atoms with Crippen molar-refractivity contribution < 1.29 is 38.3 Å². The van der Waals surface area contributed by atoms with E-state index in [0.29, 0.717) is 46.8 Å². The first-order valence-electron chi connectivity index (χ1n) is 42.4. The van der Waals surface area contributed by atoms with Crippen LogP contribution in [-0.2, 0) is 57.4 Å². The number of ether oxygens (including phenoxy) is 2. The minimum absolute atomic E-state index is 0.309. The number of benzene rings is 14. The van der Waals surface area contributed by atoms with Crippen LogP contribution < -0.4 is 20.9 Å². The number of carboxylic acids is 1. The summed E-state index contributed by atoms with van der Waals surface area (Å²) < 4.78 is 19.8. The number of carbonyl (C=O) groups is 4. The molecule has 130 heavy (non-hydrogen) atoms. The van der Waals surface area contributed by atoms with E-state index in [2.05, 4.69) is 269 Å². The van der Waals surface area contributed by atoms with Gasteiger partial charge in [0.15, 0.2) is 11.1 Å². The van der Waals surface area contributed by atoms with Gasteiger partial charge in [-0.15, -0.1) is 30.0 Å². The number of nitrogens with zero attached hydrogens (tertiary/aromatic N) is 10. The van der Waals surface area contributed by atoms with Crippen molar-refractivity contribution in [2.45, 2.75) is 77.9 Å². The van der Waals surface area contributed by atoms with E-state index in [1.807, 2.05) is 158 Å². The molecule has 0 unspecified atom stereocenters. The summed E-state index contributed by atoms with van der Waals surface area (Å²) in [4.78, 5) is 56.3. The van der Waals surface area contributed by atoms with Crippen LogP contribution in [0.1, 0.15) is 109 Å². The van der Waals surface area contributed by atoms with E-state index in [-0.39, 0.29) is 0 Å². The largest absolute Gasteiger partial charge is 0.478 e. The lowest BCUT2D eigenvalue weighted by Gasteiger charge is -2.34. The number of amides is 1. The number of carboxylic acid groups (broad SMARTS) is 1. The van der Waals surface area contributed by atoms with Crippen molar-refractivity contribution in [2.75, 3.05) is 33.9 Å². The van der Waals surface area contributed by atoms with Crippen LogP contribution in [0, 0.1) is 11.8 Å². The Kier molecular flexibility index (Phi) is 31.8. The molecule has 0 radical (unpaired) electrons. The number of aliphatic carboxylic acids is 1. The molecule has 2 atom stereocenters. The molecule has 16 rings (SSSR count). The molecule has 2 heterocycles. The van der Waals surface area contributed by atoms with Gasteiger partial charge in [-0.25, -0.2) is 4.79 Å². The summed E-state index contributed by atoms with van der Waals surface area (Å²) in [5.74, 6) is -1.04. The molecule has 1 amide bonds. The summed E-state index contributed by atoms with van der Waals surface area (Å²) in [5, 5.41) is 38.2. The van der Waals surface area contributed by atoms with Gasteiger partial charge in [0.1, 0.15) is 0 Å². The first-order valence-corrected chi connectivity index (χ1v) is 46.8. The predicted octanol–water partition coefficient (Wildman–Crippen LogP) is 24.0. The Labute approximate surface area is 771 Å². The van der Waals surface area contributed by atoms with Gasteiger partial charge in [-0.05, 0) is 147 Å². The molecule has 0 saturated carbocycles. The predicted molar refractivity (Wildman–Crippen MR) is 519 cm³/mol. The van der Waals surface area contributed by atoms with E-state index in [4.69, 9.17) is 46.4 Å². The van der Waals surface area contributed by atoms with Gasteiger partial charge in [0.2, 0.25) is 23.9 Å². The Morgan fingerprint density at radius 2 is 0.685 bits per heavy atom. The van der Waals surface area contributed by atoms with E-state index in [1.54, 1.807) is 52.1 Å². The third-order valence-corrected chi connectivity index (χ3v) is 21.3. The fourth-order valence-corrected chi connectivity index (χ4v) is 16.0. The minimum Gasteiger partial charge on any atom is -0.478 e. The van der Waals surface area contributed by atoms with Gasteiger partial charge in [-0.1, -0.05) is 392 Å². The fourth-order valence-electron chi connectivity index (χ4n) is 16.0. The van der Waals surface area contributed by atoms with Crippen molar-refractivity contribution in [3.05, 3.63) is 444 Å². The van der Waals surface area contributed by atoms with Crippen LogP contribution in [-0.4, -0.2) is 82.4 Å². The Balaban J connectivity index is 0.000000187. The van der Waals surface area contributed by atoms with Gasteiger partial charge in [-0.3, -0.25) is 18.9 Å². The van der Waals surface area contributed by atoms with Gasteiger partial charge < -0.3 is 35.4 Å². The maximum atomic E-state index is 14.3. The summed E-state index contributed by atoms with van der Waals surface area (Å²) in [6.45, 7) is 14.3. The van der Waals surface area contributed by atoms with Crippen LogP contribution in [0.25, 0.3) is 45.0 Å². The Bertz CT molecular complexity index is 6220. The average Bonchev–Trinajstić information content (AvgIpc) is 1.50. The third-order valence-electron chi connectivity index (χ3n) is 21.3. The highest BCUT2D eigenvalue weighted by Crippen LogP contribution is 2.61. The molecule has 20 nitrogen and oxygen atoms in total. The lowest BCUT2D eigenvalue weighted by molar-refractivity contribution is -0.163. The standard InChI is InChI=1S/C53H48N6O3.C43H40N6.C10H10O4.Cl3OP/c1-38(2)36-58(37-40-21-9-4-10-22-40)49-34-33-42(35-48(49)54-52(61)50(62-39(3)60)41-23-11-5-12-24-41)46-31-19-20-32-47(46)51-55-57-59(56-51)53(43-25-13-6-14-26-43,44-27-15-7-16-28-44)45-29-17-8-18-30-45;1-32(2)30-48(31-33-17-7-3-8-18-33)41-28-27-34(29-40(41)44)38-25-15-16-26-39(38)42-45-47-49(46-42)43(35-19-9-4-10-20-35,36-21-11-5-12-22-36)37-23-13-6-14-24-37;1-7(11)14-9(10(12)13)8-5-3-2-4-6-8;1-5(2,3)4/h4-35,38,50H,36-37H2,1-3H3,(H,54,61);3-29,32H,30-31,44H2,1-2H3;2-6,9H,1H3,(H,12,13);/t50-;;9-;/m1.1./s1. The fraction of sp³-hybridized carbons (Fsp3) is 0.151. The van der Waals surface area contributed by atoms with E-state index in [1.165, 1.54) is 19.4 Å². The number of anilines is 4. The number of carbonyl (C=O) groups excluding carboxylic acids is 3. The van der Waals surface area contributed by atoms with Gasteiger partial charge in [0, 0.05) is 62.3 Å². The summed E-state index contributed by atoms with van der Waals surface area (Å²) in [7, 11) is 0. The van der Waals surface area contributed by atoms with Crippen molar-refractivity contribution in [1.29, 1.82) is 0 Å². The van der Waals surface area contributed by atoms with E-state index < -0.39 is 52.3 Å². The molecule has 656 valence electrons. The molecule has 16 aromatic rings. The van der Waals surface area contributed by atoms with Gasteiger partial charge in [0.25, 0.3) is 5.91 Å². The van der Waals surface area contributed by atoms with Crippen molar-refractivity contribution >= 4 is 85.5 Å². The molecule has 0 aliphatic carbocycles. The highest BCUT2D eigenvalue weighted by molar-refractivity contribution is 8.24. The molecule has 0 saturated heterocycles. The van der Waals surface area contributed by atoms with E-state index in [0.717, 1.165) is 109 Å². The number of halogens is 3. The summed E-state index contributed by atoms with van der Waals surface area (Å²) in [6, 6.07) is 129. The molecule has 4 N–H and O–H groups in total. The normalized spacial score (nSPS) is 11.7. The highest BCUT2D eigenvalue weighted by atomic mass is 36.0.